The highest BCUT2D eigenvalue weighted by molar-refractivity contribution is 7.85. The SMILES string of the molecule is CCCCCCCCCCCCN1C=CN(CC)C1.N#CS. The van der Waals surface area contributed by atoms with Crippen LogP contribution in [0.25, 0.3) is 0 Å². The fraction of sp³-hybridized carbons (Fsp3) is 0.833. The van der Waals surface area contributed by atoms with Gasteiger partial charge in [-0.05, 0) is 13.3 Å². The Balaban J connectivity index is 0.00000135. The van der Waals surface area contributed by atoms with Crippen molar-refractivity contribution in [1.29, 1.82) is 5.26 Å². The van der Waals surface area contributed by atoms with E-state index in [0.29, 0.717) is 0 Å². The van der Waals surface area contributed by atoms with Crippen LogP contribution in [0.1, 0.15) is 78.1 Å². The third kappa shape index (κ3) is 12.9. The standard InChI is InChI=1S/C17H34N2.CHNS/c1-3-5-6-7-8-9-10-11-12-13-14-19-16-15-18(4-2)17-19;2-1-3/h15-16H,3-14,17H2,1-2H3;3H. The number of nitriles is 1. The van der Waals surface area contributed by atoms with Crippen molar-refractivity contribution in [2.24, 2.45) is 0 Å². The molecule has 0 saturated heterocycles. The molecule has 0 radical (unpaired) electrons. The third-order valence-corrected chi connectivity index (χ3v) is 4.06. The third-order valence-electron chi connectivity index (χ3n) is 4.06. The largest absolute Gasteiger partial charge is 0.359 e. The highest BCUT2D eigenvalue weighted by atomic mass is 32.1. The van der Waals surface area contributed by atoms with Gasteiger partial charge in [0.2, 0.25) is 0 Å². The maximum atomic E-state index is 7.18. The molecule has 0 aromatic heterocycles. The summed E-state index contributed by atoms with van der Waals surface area (Å²) < 4.78 is 0. The first-order valence-corrected chi connectivity index (χ1v) is 9.42. The van der Waals surface area contributed by atoms with Crippen LogP contribution in [-0.2, 0) is 0 Å². The molecule has 0 aliphatic carbocycles. The normalized spacial score (nSPS) is 13.0. The summed E-state index contributed by atoms with van der Waals surface area (Å²) in [6.07, 6.45) is 18.7. The van der Waals surface area contributed by atoms with Gasteiger partial charge in [-0.1, -0.05) is 77.3 Å². The van der Waals surface area contributed by atoms with E-state index in [4.69, 9.17) is 5.26 Å². The highest BCUT2D eigenvalue weighted by Gasteiger charge is 2.08. The second-order valence-corrected chi connectivity index (χ2v) is 6.14. The summed E-state index contributed by atoms with van der Waals surface area (Å²) >= 11 is 3.09. The molecule has 0 unspecified atom stereocenters. The van der Waals surface area contributed by atoms with Gasteiger partial charge >= 0.3 is 0 Å². The Bertz CT molecular complexity index is 299. The van der Waals surface area contributed by atoms with Crippen molar-refractivity contribution in [2.45, 2.75) is 78.1 Å². The van der Waals surface area contributed by atoms with Crippen molar-refractivity contribution in [3.8, 4) is 5.40 Å². The Kier molecular flexibility index (Phi) is 15.9. The quantitative estimate of drug-likeness (QED) is 0.297. The predicted molar refractivity (Wildman–Crippen MR) is 99.5 cm³/mol. The van der Waals surface area contributed by atoms with E-state index in [1.54, 1.807) is 0 Å². The van der Waals surface area contributed by atoms with Crippen LogP contribution in [0, 0.1) is 10.7 Å². The number of hydrogen-bond donors (Lipinski definition) is 1. The number of thiocyanates is 1. The summed E-state index contributed by atoms with van der Waals surface area (Å²) in [5.41, 5.74) is 0. The van der Waals surface area contributed by atoms with Crippen molar-refractivity contribution in [2.75, 3.05) is 19.8 Å². The molecule has 22 heavy (non-hydrogen) atoms. The summed E-state index contributed by atoms with van der Waals surface area (Å²) in [7, 11) is 0. The molecule has 0 bridgehead atoms. The van der Waals surface area contributed by atoms with Crippen LogP contribution in [-0.4, -0.2) is 29.6 Å². The molecular formula is C18H35N3S. The minimum atomic E-state index is 1.11. The maximum absolute atomic E-state index is 7.18. The van der Waals surface area contributed by atoms with Crippen molar-refractivity contribution in [3.05, 3.63) is 12.4 Å². The van der Waals surface area contributed by atoms with E-state index in [9.17, 15) is 0 Å². The summed E-state index contributed by atoms with van der Waals surface area (Å²) in [6, 6.07) is 0. The van der Waals surface area contributed by atoms with Crippen LogP contribution in [0.2, 0.25) is 0 Å². The van der Waals surface area contributed by atoms with Gasteiger partial charge in [0.25, 0.3) is 0 Å². The Morgan fingerprint density at radius 2 is 1.32 bits per heavy atom. The Labute approximate surface area is 143 Å². The van der Waals surface area contributed by atoms with Crippen LogP contribution in [0.15, 0.2) is 12.4 Å². The average Bonchev–Trinajstić information content (AvgIpc) is 2.98. The Hall–Kier alpha value is -0.820. The van der Waals surface area contributed by atoms with Gasteiger partial charge in [0, 0.05) is 25.5 Å². The number of rotatable bonds is 12. The monoisotopic (exact) mass is 325 g/mol. The number of unbranched alkanes of at least 4 members (excludes halogenated alkanes) is 9. The van der Waals surface area contributed by atoms with Crippen LogP contribution >= 0.6 is 12.6 Å². The number of hydrogen-bond acceptors (Lipinski definition) is 4. The van der Waals surface area contributed by atoms with Crippen LogP contribution in [0.5, 0.6) is 0 Å². The predicted octanol–water partition coefficient (Wildman–Crippen LogP) is 5.37. The van der Waals surface area contributed by atoms with Gasteiger partial charge in [0.15, 0.2) is 0 Å². The maximum Gasteiger partial charge on any atom is 0.130 e. The summed E-state index contributed by atoms with van der Waals surface area (Å²) in [5, 5.41) is 8.63. The smallest absolute Gasteiger partial charge is 0.130 e. The molecule has 1 aliphatic heterocycles. The van der Waals surface area contributed by atoms with E-state index in [0.717, 1.165) is 13.2 Å². The molecule has 0 fully saturated rings. The van der Waals surface area contributed by atoms with E-state index in [1.165, 1.54) is 76.2 Å². The lowest BCUT2D eigenvalue weighted by Gasteiger charge is -2.19. The first kappa shape index (κ1) is 21.2. The van der Waals surface area contributed by atoms with Crippen LogP contribution in [0.3, 0.4) is 0 Å². The fourth-order valence-corrected chi connectivity index (χ4v) is 2.67. The fourth-order valence-electron chi connectivity index (χ4n) is 2.67. The zero-order valence-electron chi connectivity index (χ0n) is 14.6. The molecule has 4 heteroatoms. The second-order valence-electron chi connectivity index (χ2n) is 5.94. The molecule has 0 atom stereocenters. The molecule has 0 spiro atoms. The Morgan fingerprint density at radius 1 is 0.864 bits per heavy atom. The molecule has 128 valence electrons. The molecule has 0 amide bonds. The molecule has 0 saturated carbocycles. The molecule has 0 aromatic rings. The van der Waals surface area contributed by atoms with Gasteiger partial charge in [-0.15, -0.1) is 0 Å². The van der Waals surface area contributed by atoms with Gasteiger partial charge in [0.05, 0.1) is 6.67 Å². The number of thiol groups is 1. The average molecular weight is 326 g/mol. The van der Waals surface area contributed by atoms with Crippen molar-refractivity contribution < 1.29 is 0 Å². The molecular weight excluding hydrogens is 290 g/mol. The van der Waals surface area contributed by atoms with Gasteiger partial charge < -0.3 is 9.80 Å². The lowest BCUT2D eigenvalue weighted by Crippen LogP contribution is -2.25. The molecule has 1 heterocycles. The second kappa shape index (κ2) is 16.5. The molecule has 1 rings (SSSR count). The topological polar surface area (TPSA) is 30.3 Å². The van der Waals surface area contributed by atoms with Gasteiger partial charge in [0.1, 0.15) is 5.40 Å². The number of nitrogens with zero attached hydrogens (tertiary/aromatic N) is 3. The van der Waals surface area contributed by atoms with Crippen LogP contribution in [0.4, 0.5) is 0 Å². The summed E-state index contributed by atoms with van der Waals surface area (Å²) in [6.45, 7) is 7.98. The Morgan fingerprint density at radius 3 is 1.77 bits per heavy atom. The van der Waals surface area contributed by atoms with Crippen molar-refractivity contribution in [3.63, 3.8) is 0 Å². The van der Waals surface area contributed by atoms with Crippen molar-refractivity contribution in [1.82, 2.24) is 9.80 Å². The summed E-state index contributed by atoms with van der Waals surface area (Å²) in [4.78, 5) is 4.80. The van der Waals surface area contributed by atoms with Crippen LogP contribution < -0.4 is 0 Å². The van der Waals surface area contributed by atoms with E-state index < -0.39 is 0 Å². The highest BCUT2D eigenvalue weighted by Crippen LogP contribution is 2.12. The van der Waals surface area contributed by atoms with E-state index in [2.05, 4.69) is 48.7 Å². The zero-order chi connectivity index (χ0) is 16.5. The molecule has 1 aliphatic rings. The first-order valence-electron chi connectivity index (χ1n) is 8.98. The van der Waals surface area contributed by atoms with E-state index >= 15 is 0 Å². The van der Waals surface area contributed by atoms with E-state index in [-0.39, 0.29) is 0 Å². The van der Waals surface area contributed by atoms with Gasteiger partial charge in [-0.3, -0.25) is 0 Å². The van der Waals surface area contributed by atoms with Crippen molar-refractivity contribution >= 4 is 12.6 Å². The molecule has 0 N–H and O–H groups in total. The van der Waals surface area contributed by atoms with Gasteiger partial charge in [-0.25, -0.2) is 0 Å². The zero-order valence-corrected chi connectivity index (χ0v) is 15.5. The lowest BCUT2D eigenvalue weighted by atomic mass is 10.1. The molecule has 3 nitrogen and oxygen atoms in total. The molecule has 0 aromatic carbocycles. The lowest BCUT2D eigenvalue weighted by molar-refractivity contribution is 0.268. The first-order chi connectivity index (χ1) is 10.8. The minimum Gasteiger partial charge on any atom is -0.359 e. The van der Waals surface area contributed by atoms with Gasteiger partial charge in [-0.2, -0.15) is 5.26 Å². The minimum absolute atomic E-state index is 1.11. The summed E-state index contributed by atoms with van der Waals surface area (Å²) in [5.74, 6) is 0. The van der Waals surface area contributed by atoms with E-state index in [1.807, 2.05) is 0 Å².